The fourth-order valence-corrected chi connectivity index (χ4v) is 4.83. The van der Waals surface area contributed by atoms with Gasteiger partial charge >= 0.3 is 0 Å². The minimum Gasteiger partial charge on any atom is -0.464 e. The van der Waals surface area contributed by atoms with Gasteiger partial charge in [0.1, 0.15) is 11.4 Å². The molecule has 1 aromatic carbocycles. The molecule has 1 saturated heterocycles. The average molecular weight is 440 g/mol. The monoisotopic (exact) mass is 439 g/mol. The highest BCUT2D eigenvalue weighted by atomic mass is 16.3. The van der Waals surface area contributed by atoms with E-state index in [2.05, 4.69) is 52.4 Å². The molecule has 1 aliphatic heterocycles. The number of aromatic nitrogens is 2. The third-order valence-electron chi connectivity index (χ3n) is 6.64. The van der Waals surface area contributed by atoms with Crippen LogP contribution in [0.3, 0.4) is 0 Å². The second-order valence-electron chi connectivity index (χ2n) is 8.71. The van der Waals surface area contributed by atoms with Crippen LogP contribution >= 0.6 is 0 Å². The van der Waals surface area contributed by atoms with Gasteiger partial charge in [0.05, 0.1) is 29.3 Å². The zero-order valence-electron chi connectivity index (χ0n) is 19.2. The third-order valence-corrected chi connectivity index (χ3v) is 6.64. The molecule has 0 bridgehead atoms. The molecule has 1 aliphatic rings. The number of imidazole rings is 1. The number of hydrogen-bond donors (Lipinski definition) is 0. The maximum Gasteiger partial charge on any atom is 0.137 e. The first kappa shape index (κ1) is 21.4. The van der Waals surface area contributed by atoms with E-state index in [0.29, 0.717) is 5.56 Å². The van der Waals surface area contributed by atoms with Crippen LogP contribution in [0.1, 0.15) is 37.6 Å². The van der Waals surface area contributed by atoms with E-state index in [1.54, 1.807) is 6.26 Å². The van der Waals surface area contributed by atoms with E-state index in [4.69, 9.17) is 9.40 Å². The number of furan rings is 1. The fraction of sp³-hybridized carbons (Fsp3) is 0.333. The smallest absolute Gasteiger partial charge is 0.137 e. The van der Waals surface area contributed by atoms with Gasteiger partial charge in [-0.1, -0.05) is 19.1 Å². The van der Waals surface area contributed by atoms with Crippen LogP contribution in [0.5, 0.6) is 0 Å². The van der Waals surface area contributed by atoms with Gasteiger partial charge in [-0.15, -0.1) is 0 Å². The Kier molecular flexibility index (Phi) is 5.99. The zero-order chi connectivity index (χ0) is 22.8. The number of benzene rings is 1. The summed E-state index contributed by atoms with van der Waals surface area (Å²) in [5, 5.41) is 9.22. The molecule has 0 amide bonds. The van der Waals surface area contributed by atoms with Crippen molar-refractivity contribution in [2.75, 3.05) is 32.7 Å². The summed E-state index contributed by atoms with van der Waals surface area (Å²) in [6.07, 6.45) is 5.03. The zero-order valence-corrected chi connectivity index (χ0v) is 19.2. The van der Waals surface area contributed by atoms with Gasteiger partial charge in [0.25, 0.3) is 0 Å². The van der Waals surface area contributed by atoms with Crippen LogP contribution in [-0.2, 0) is 0 Å². The van der Waals surface area contributed by atoms with Gasteiger partial charge in [0.2, 0.25) is 0 Å². The molecule has 6 heteroatoms. The lowest BCUT2D eigenvalue weighted by Crippen LogP contribution is -2.47. The van der Waals surface area contributed by atoms with Gasteiger partial charge in [0, 0.05) is 49.5 Å². The lowest BCUT2D eigenvalue weighted by molar-refractivity contribution is 0.101. The molecule has 1 unspecified atom stereocenters. The molecule has 1 fully saturated rings. The Morgan fingerprint density at radius 1 is 1.03 bits per heavy atom. The SMILES string of the molecule is CCCN1CCN(C(C)c2c(-c3ccc(C#N)cc3)nc3ccc(-c4ccco4)cn23)CC1. The van der Waals surface area contributed by atoms with Gasteiger partial charge in [-0.25, -0.2) is 4.98 Å². The normalized spacial score (nSPS) is 16.2. The van der Waals surface area contributed by atoms with E-state index in [1.165, 1.54) is 18.7 Å². The lowest BCUT2D eigenvalue weighted by Gasteiger charge is -2.38. The maximum atomic E-state index is 9.22. The van der Waals surface area contributed by atoms with E-state index < -0.39 is 0 Å². The van der Waals surface area contributed by atoms with Crippen molar-refractivity contribution in [2.45, 2.75) is 26.3 Å². The highest BCUT2D eigenvalue weighted by Gasteiger charge is 2.27. The summed E-state index contributed by atoms with van der Waals surface area (Å²) in [5.41, 5.74) is 5.77. The highest BCUT2D eigenvalue weighted by molar-refractivity contribution is 5.70. The molecule has 0 N–H and O–H groups in total. The average Bonchev–Trinajstić information content (AvgIpc) is 3.52. The Balaban J connectivity index is 1.58. The van der Waals surface area contributed by atoms with E-state index in [0.717, 1.165) is 54.4 Å². The quantitative estimate of drug-likeness (QED) is 0.412. The Bertz CT molecular complexity index is 1260. The van der Waals surface area contributed by atoms with E-state index >= 15 is 0 Å². The largest absolute Gasteiger partial charge is 0.464 e. The summed E-state index contributed by atoms with van der Waals surface area (Å²) in [7, 11) is 0. The van der Waals surface area contributed by atoms with Crippen molar-refractivity contribution < 1.29 is 4.42 Å². The van der Waals surface area contributed by atoms with Crippen molar-refractivity contribution in [3.05, 3.63) is 72.2 Å². The fourth-order valence-electron chi connectivity index (χ4n) is 4.83. The molecule has 0 spiro atoms. The Labute approximate surface area is 194 Å². The van der Waals surface area contributed by atoms with Crippen molar-refractivity contribution in [2.24, 2.45) is 0 Å². The minimum absolute atomic E-state index is 0.196. The van der Waals surface area contributed by atoms with Crippen molar-refractivity contribution in [1.82, 2.24) is 19.2 Å². The molecule has 1 atom stereocenters. The van der Waals surface area contributed by atoms with Crippen LogP contribution in [0.4, 0.5) is 0 Å². The number of hydrogen-bond acceptors (Lipinski definition) is 5. The molecule has 33 heavy (non-hydrogen) atoms. The van der Waals surface area contributed by atoms with Crippen LogP contribution in [0, 0.1) is 11.3 Å². The molecule has 3 aromatic heterocycles. The van der Waals surface area contributed by atoms with Gasteiger partial charge in [0.15, 0.2) is 0 Å². The predicted molar refractivity (Wildman–Crippen MR) is 130 cm³/mol. The van der Waals surface area contributed by atoms with Crippen molar-refractivity contribution in [3.63, 3.8) is 0 Å². The second-order valence-corrected chi connectivity index (χ2v) is 8.71. The number of rotatable bonds is 6. The maximum absolute atomic E-state index is 9.22. The van der Waals surface area contributed by atoms with E-state index in [9.17, 15) is 5.26 Å². The van der Waals surface area contributed by atoms with Crippen molar-refractivity contribution >= 4 is 5.65 Å². The predicted octanol–water partition coefficient (Wildman–Crippen LogP) is 5.22. The number of nitriles is 1. The number of fused-ring (bicyclic) bond motifs is 1. The number of nitrogens with zero attached hydrogens (tertiary/aromatic N) is 5. The van der Waals surface area contributed by atoms with Gasteiger partial charge in [-0.3, -0.25) is 4.90 Å². The van der Waals surface area contributed by atoms with Crippen molar-refractivity contribution in [3.8, 4) is 28.7 Å². The third kappa shape index (κ3) is 4.18. The molecule has 6 nitrogen and oxygen atoms in total. The summed E-state index contributed by atoms with van der Waals surface area (Å²) in [5.74, 6) is 0.845. The van der Waals surface area contributed by atoms with Crippen molar-refractivity contribution in [1.29, 1.82) is 5.26 Å². The van der Waals surface area contributed by atoms with Crippen LogP contribution < -0.4 is 0 Å². The minimum atomic E-state index is 0.196. The topological polar surface area (TPSA) is 60.7 Å². The summed E-state index contributed by atoms with van der Waals surface area (Å²) in [4.78, 5) is 10.1. The number of piperazine rings is 1. The Morgan fingerprint density at radius 2 is 1.79 bits per heavy atom. The molecule has 4 heterocycles. The van der Waals surface area contributed by atoms with Crippen LogP contribution in [0.25, 0.3) is 28.2 Å². The summed E-state index contributed by atoms with van der Waals surface area (Å²) >= 11 is 0. The standard InChI is InChI=1S/C27H29N5O/c1-3-12-30-13-15-31(16-14-30)20(2)27-26(22-8-6-21(18-28)7-9-22)29-25-11-10-23(19-32(25)27)24-5-4-17-33-24/h4-11,17,19-20H,3,12-16H2,1-2H3. The van der Waals surface area contributed by atoms with E-state index in [1.807, 2.05) is 36.4 Å². The number of pyridine rings is 1. The Hall–Kier alpha value is -3.40. The van der Waals surface area contributed by atoms with E-state index in [-0.39, 0.29) is 6.04 Å². The molecular formula is C27H29N5O. The summed E-state index contributed by atoms with van der Waals surface area (Å²) < 4.78 is 7.87. The summed E-state index contributed by atoms with van der Waals surface area (Å²) in [6.45, 7) is 9.97. The van der Waals surface area contributed by atoms with Crippen LogP contribution in [0.15, 0.2) is 65.4 Å². The second kappa shape index (κ2) is 9.22. The highest BCUT2D eigenvalue weighted by Crippen LogP contribution is 2.34. The Morgan fingerprint density at radius 3 is 2.45 bits per heavy atom. The first-order chi connectivity index (χ1) is 16.2. The van der Waals surface area contributed by atoms with Crippen LogP contribution in [-0.4, -0.2) is 51.9 Å². The molecule has 0 radical (unpaired) electrons. The van der Waals surface area contributed by atoms with Gasteiger partial charge in [-0.2, -0.15) is 5.26 Å². The first-order valence-electron chi connectivity index (χ1n) is 11.7. The van der Waals surface area contributed by atoms with Gasteiger partial charge < -0.3 is 13.7 Å². The lowest BCUT2D eigenvalue weighted by atomic mass is 10.0. The molecule has 0 aliphatic carbocycles. The molecule has 168 valence electrons. The van der Waals surface area contributed by atoms with Gasteiger partial charge in [-0.05, 0) is 56.3 Å². The van der Waals surface area contributed by atoms with Crippen LogP contribution in [0.2, 0.25) is 0 Å². The first-order valence-corrected chi connectivity index (χ1v) is 11.7. The summed E-state index contributed by atoms with van der Waals surface area (Å²) in [6, 6.07) is 18.2. The molecular weight excluding hydrogens is 410 g/mol. The molecule has 4 aromatic rings. The molecule has 5 rings (SSSR count). The molecule has 0 saturated carbocycles.